The van der Waals surface area contributed by atoms with E-state index in [2.05, 4.69) is 200 Å². The fourth-order valence-corrected chi connectivity index (χ4v) is 7.64. The molecular weight excluding hydrogens is 667 g/mol. The van der Waals surface area contributed by atoms with E-state index in [-0.39, 0.29) is 0 Å². The van der Waals surface area contributed by atoms with Gasteiger partial charge in [0.2, 0.25) is 0 Å². The van der Waals surface area contributed by atoms with E-state index in [1.54, 1.807) is 0 Å². The molecule has 2 nitrogen and oxygen atoms in total. The van der Waals surface area contributed by atoms with Gasteiger partial charge in [-0.2, -0.15) is 0 Å². The van der Waals surface area contributed by atoms with Crippen molar-refractivity contribution in [2.75, 3.05) is 0 Å². The van der Waals surface area contributed by atoms with E-state index < -0.39 is 0 Å². The van der Waals surface area contributed by atoms with E-state index in [9.17, 15) is 0 Å². The van der Waals surface area contributed by atoms with Crippen LogP contribution in [0.15, 0.2) is 217 Å². The first kappa shape index (κ1) is 32.4. The van der Waals surface area contributed by atoms with Gasteiger partial charge in [0.15, 0.2) is 0 Å². The zero-order valence-electron chi connectivity index (χ0n) is 30.1. The van der Waals surface area contributed by atoms with E-state index in [1.807, 2.05) is 12.1 Å². The van der Waals surface area contributed by atoms with Gasteiger partial charge in [-0.05, 0) is 122 Å². The third-order valence-corrected chi connectivity index (χ3v) is 10.4. The van der Waals surface area contributed by atoms with Crippen molar-refractivity contribution in [3.05, 3.63) is 212 Å². The van der Waals surface area contributed by atoms with Gasteiger partial charge in [0.05, 0.1) is 11.4 Å². The summed E-state index contributed by atoms with van der Waals surface area (Å²) in [5.41, 5.74) is 17.1. The summed E-state index contributed by atoms with van der Waals surface area (Å²) >= 11 is 0. The van der Waals surface area contributed by atoms with E-state index in [0.29, 0.717) is 0 Å². The standard InChI is InChI=1S/C53H35NO/c1-5-15-36(16-6-1)41-27-42(37-17-7-2-8-18-37)30-46(29-41)50-34-45(40-25-26-53-49(33-40)48-23-13-14-24-52(48)55-53)35-51(54-50)47-31-43(38-19-9-3-10-20-38)28-44(32-47)39-21-11-4-12-22-39/h1-35H. The molecule has 0 unspecified atom stereocenters. The van der Waals surface area contributed by atoms with Gasteiger partial charge in [-0.25, -0.2) is 4.98 Å². The third-order valence-electron chi connectivity index (χ3n) is 10.4. The van der Waals surface area contributed by atoms with Crippen molar-refractivity contribution >= 4 is 21.9 Å². The quantitative estimate of drug-likeness (QED) is 0.165. The predicted octanol–water partition coefficient (Wildman–Crippen LogP) is 14.6. The minimum Gasteiger partial charge on any atom is -0.456 e. The molecule has 10 rings (SSSR count). The molecule has 10 aromatic rings. The van der Waals surface area contributed by atoms with Crippen LogP contribution in [0.25, 0.3) is 100 Å². The van der Waals surface area contributed by atoms with Crippen molar-refractivity contribution in [1.82, 2.24) is 4.98 Å². The van der Waals surface area contributed by atoms with E-state index in [1.165, 1.54) is 22.3 Å². The van der Waals surface area contributed by atoms with Crippen LogP contribution < -0.4 is 0 Å². The van der Waals surface area contributed by atoms with Gasteiger partial charge < -0.3 is 4.42 Å². The molecule has 0 fully saturated rings. The number of benzene rings is 8. The van der Waals surface area contributed by atoms with Crippen molar-refractivity contribution in [3.8, 4) is 78.1 Å². The second-order valence-electron chi connectivity index (χ2n) is 14.0. The number of para-hydroxylation sites is 1. The zero-order valence-corrected chi connectivity index (χ0v) is 30.1. The molecule has 0 saturated carbocycles. The number of hydrogen-bond donors (Lipinski definition) is 0. The average Bonchev–Trinajstić information content (AvgIpc) is 3.65. The molecule has 0 atom stereocenters. The normalized spacial score (nSPS) is 11.3. The molecule has 0 aliphatic carbocycles. The molecule has 0 spiro atoms. The summed E-state index contributed by atoms with van der Waals surface area (Å²) in [5, 5.41) is 2.21. The molecule has 2 heteroatoms. The van der Waals surface area contributed by atoms with Crippen molar-refractivity contribution in [3.63, 3.8) is 0 Å². The van der Waals surface area contributed by atoms with Crippen molar-refractivity contribution in [1.29, 1.82) is 0 Å². The minimum atomic E-state index is 0.880. The van der Waals surface area contributed by atoms with Crippen LogP contribution in [0.1, 0.15) is 0 Å². The fraction of sp³-hybridized carbons (Fsp3) is 0. The largest absolute Gasteiger partial charge is 0.456 e. The summed E-state index contributed by atoms with van der Waals surface area (Å²) < 4.78 is 6.24. The molecule has 2 aromatic heterocycles. The first-order valence-electron chi connectivity index (χ1n) is 18.7. The Hall–Kier alpha value is -7.29. The fourth-order valence-electron chi connectivity index (χ4n) is 7.64. The lowest BCUT2D eigenvalue weighted by molar-refractivity contribution is 0.669. The van der Waals surface area contributed by atoms with Crippen LogP contribution in [-0.2, 0) is 0 Å². The second kappa shape index (κ2) is 13.9. The summed E-state index contributed by atoms with van der Waals surface area (Å²) in [6.07, 6.45) is 0. The molecule has 0 bridgehead atoms. The molecule has 0 aliphatic heterocycles. The van der Waals surface area contributed by atoms with Crippen LogP contribution in [-0.4, -0.2) is 4.98 Å². The second-order valence-corrected chi connectivity index (χ2v) is 14.0. The van der Waals surface area contributed by atoms with Crippen LogP contribution in [0.3, 0.4) is 0 Å². The van der Waals surface area contributed by atoms with Crippen molar-refractivity contribution in [2.45, 2.75) is 0 Å². The van der Waals surface area contributed by atoms with E-state index >= 15 is 0 Å². The summed E-state index contributed by atoms with van der Waals surface area (Å²) in [6.45, 7) is 0. The van der Waals surface area contributed by atoms with Gasteiger partial charge in [-0.1, -0.05) is 146 Å². The molecule has 0 radical (unpaired) electrons. The van der Waals surface area contributed by atoms with Gasteiger partial charge in [0.25, 0.3) is 0 Å². The minimum absolute atomic E-state index is 0.880. The molecule has 0 amide bonds. The lowest BCUT2D eigenvalue weighted by atomic mass is 9.92. The topological polar surface area (TPSA) is 26.0 Å². The Kier molecular flexibility index (Phi) is 8.20. The Balaban J connectivity index is 1.23. The highest BCUT2D eigenvalue weighted by Crippen LogP contribution is 2.39. The lowest BCUT2D eigenvalue weighted by Crippen LogP contribution is -1.94. The van der Waals surface area contributed by atoms with Crippen LogP contribution in [0.4, 0.5) is 0 Å². The molecule has 0 aliphatic rings. The maximum atomic E-state index is 6.24. The molecule has 55 heavy (non-hydrogen) atoms. The van der Waals surface area contributed by atoms with Crippen LogP contribution >= 0.6 is 0 Å². The van der Waals surface area contributed by atoms with Crippen LogP contribution in [0.2, 0.25) is 0 Å². The SMILES string of the molecule is c1ccc(-c2cc(-c3ccccc3)cc(-c3cc(-c4ccc5oc6ccccc6c5c4)cc(-c4cc(-c5ccccc5)cc(-c5ccccc5)c4)n3)c2)cc1. The average molecular weight is 702 g/mol. The molecule has 0 saturated heterocycles. The first-order valence-corrected chi connectivity index (χ1v) is 18.7. The Morgan fingerprint density at radius 3 is 1.05 bits per heavy atom. The van der Waals surface area contributed by atoms with Gasteiger partial charge in [-0.15, -0.1) is 0 Å². The summed E-state index contributed by atoms with van der Waals surface area (Å²) in [4.78, 5) is 5.52. The maximum absolute atomic E-state index is 6.24. The highest BCUT2D eigenvalue weighted by molar-refractivity contribution is 6.06. The number of nitrogens with zero attached hydrogens (tertiary/aromatic N) is 1. The number of hydrogen-bond acceptors (Lipinski definition) is 2. The Labute approximate surface area is 320 Å². The van der Waals surface area contributed by atoms with Crippen molar-refractivity contribution in [2.24, 2.45) is 0 Å². The molecule has 8 aromatic carbocycles. The predicted molar refractivity (Wildman–Crippen MR) is 230 cm³/mol. The summed E-state index contributed by atoms with van der Waals surface area (Å²) in [7, 11) is 0. The monoisotopic (exact) mass is 701 g/mol. The van der Waals surface area contributed by atoms with Crippen LogP contribution in [0, 0.1) is 0 Å². The summed E-state index contributed by atoms with van der Waals surface area (Å²) in [5.74, 6) is 0. The van der Waals surface area contributed by atoms with E-state index in [4.69, 9.17) is 9.40 Å². The van der Waals surface area contributed by atoms with Crippen LogP contribution in [0.5, 0.6) is 0 Å². The number of aromatic nitrogens is 1. The van der Waals surface area contributed by atoms with E-state index in [0.717, 1.165) is 77.8 Å². The number of fused-ring (bicyclic) bond motifs is 3. The number of furan rings is 1. The lowest BCUT2D eigenvalue weighted by Gasteiger charge is -2.15. The zero-order chi connectivity index (χ0) is 36.6. The maximum Gasteiger partial charge on any atom is 0.135 e. The smallest absolute Gasteiger partial charge is 0.135 e. The molecule has 0 N–H and O–H groups in total. The highest BCUT2D eigenvalue weighted by Gasteiger charge is 2.16. The van der Waals surface area contributed by atoms with Gasteiger partial charge >= 0.3 is 0 Å². The number of pyridine rings is 1. The molecule has 2 heterocycles. The number of rotatable bonds is 7. The first-order chi connectivity index (χ1) is 27.2. The Bertz CT molecular complexity index is 2690. The van der Waals surface area contributed by atoms with Gasteiger partial charge in [0.1, 0.15) is 11.2 Å². The molecular formula is C53H35NO. The summed E-state index contributed by atoms with van der Waals surface area (Å²) in [6, 6.07) is 75.4. The Morgan fingerprint density at radius 1 is 0.236 bits per heavy atom. The highest BCUT2D eigenvalue weighted by atomic mass is 16.3. The Morgan fingerprint density at radius 2 is 0.600 bits per heavy atom. The van der Waals surface area contributed by atoms with Crippen molar-refractivity contribution < 1.29 is 4.42 Å². The third kappa shape index (κ3) is 6.41. The molecule has 258 valence electrons. The van der Waals surface area contributed by atoms with Gasteiger partial charge in [-0.3, -0.25) is 0 Å². The van der Waals surface area contributed by atoms with Gasteiger partial charge in [0, 0.05) is 21.9 Å².